The van der Waals surface area contributed by atoms with E-state index in [2.05, 4.69) is 49.4 Å². The van der Waals surface area contributed by atoms with Crippen LogP contribution >= 0.6 is 0 Å². The van der Waals surface area contributed by atoms with Crippen LogP contribution in [0.1, 0.15) is 30.9 Å². The van der Waals surface area contributed by atoms with E-state index >= 15 is 0 Å². The second-order valence-corrected chi connectivity index (χ2v) is 4.04. The number of allylic oxidation sites excluding steroid dienone is 4. The molecule has 1 aromatic carbocycles. The summed E-state index contributed by atoms with van der Waals surface area (Å²) in [7, 11) is 0. The minimum atomic E-state index is -0.833. The number of rotatable bonds is 1. The molecule has 0 aliphatic heterocycles. The summed E-state index contributed by atoms with van der Waals surface area (Å²) in [5, 5.41) is 7.42. The Kier molecular flexibility index (Phi) is 5.21. The Balaban J connectivity index is 0.000000317. The van der Waals surface area contributed by atoms with Crippen LogP contribution in [-0.2, 0) is 4.79 Å². The fourth-order valence-corrected chi connectivity index (χ4v) is 1.61. The number of carbonyl (C=O) groups is 1. The standard InChI is InChI=1S/C13H14.C2H4O2/c1-11-7-9-13(10-8-11)12-5-3-2-4-6-12;1-2(3)4/h2-3,5,7-10H,4,6H2,1H3;1H3,(H,3,4). The average molecular weight is 230 g/mol. The molecule has 0 spiro atoms. The number of carboxylic acids is 1. The molecular formula is C15H18O2. The zero-order chi connectivity index (χ0) is 12.7. The highest BCUT2D eigenvalue weighted by Gasteiger charge is 2.01. The molecule has 0 amide bonds. The smallest absolute Gasteiger partial charge is 0.300 e. The lowest BCUT2D eigenvalue weighted by atomic mass is 9.97. The largest absolute Gasteiger partial charge is 0.481 e. The first-order valence-corrected chi connectivity index (χ1v) is 5.72. The molecule has 90 valence electrons. The van der Waals surface area contributed by atoms with E-state index in [1.807, 2.05) is 0 Å². The molecule has 0 saturated carbocycles. The first kappa shape index (κ1) is 13.2. The Morgan fingerprint density at radius 1 is 1.24 bits per heavy atom. The maximum absolute atomic E-state index is 9.00. The third kappa shape index (κ3) is 5.16. The van der Waals surface area contributed by atoms with Crippen molar-refractivity contribution in [2.45, 2.75) is 26.7 Å². The first-order chi connectivity index (χ1) is 8.09. The zero-order valence-corrected chi connectivity index (χ0v) is 10.3. The van der Waals surface area contributed by atoms with Gasteiger partial charge in [-0.1, -0.05) is 48.1 Å². The summed E-state index contributed by atoms with van der Waals surface area (Å²) in [6, 6.07) is 8.77. The van der Waals surface area contributed by atoms with Gasteiger partial charge in [-0.25, -0.2) is 0 Å². The molecule has 1 aliphatic carbocycles. The molecule has 2 rings (SSSR count). The van der Waals surface area contributed by atoms with Gasteiger partial charge < -0.3 is 5.11 Å². The van der Waals surface area contributed by atoms with Gasteiger partial charge in [-0.3, -0.25) is 4.79 Å². The van der Waals surface area contributed by atoms with Crippen molar-refractivity contribution in [1.82, 2.24) is 0 Å². The second-order valence-electron chi connectivity index (χ2n) is 4.04. The van der Waals surface area contributed by atoms with Crippen LogP contribution in [0.3, 0.4) is 0 Å². The van der Waals surface area contributed by atoms with E-state index in [1.165, 1.54) is 29.5 Å². The van der Waals surface area contributed by atoms with Gasteiger partial charge in [0.25, 0.3) is 5.97 Å². The number of aryl methyl sites for hydroxylation is 1. The van der Waals surface area contributed by atoms with Gasteiger partial charge in [-0.05, 0) is 30.9 Å². The lowest BCUT2D eigenvalue weighted by molar-refractivity contribution is -0.134. The lowest BCUT2D eigenvalue weighted by Gasteiger charge is -2.08. The minimum absolute atomic E-state index is 0.833. The fourth-order valence-electron chi connectivity index (χ4n) is 1.61. The van der Waals surface area contributed by atoms with Crippen LogP contribution in [0.4, 0.5) is 0 Å². The highest BCUT2D eigenvalue weighted by molar-refractivity contribution is 5.68. The highest BCUT2D eigenvalue weighted by atomic mass is 16.4. The molecule has 0 saturated heterocycles. The predicted molar refractivity (Wildman–Crippen MR) is 70.8 cm³/mol. The van der Waals surface area contributed by atoms with Gasteiger partial charge in [0.2, 0.25) is 0 Å². The minimum Gasteiger partial charge on any atom is -0.481 e. The molecule has 1 aromatic rings. The van der Waals surface area contributed by atoms with Crippen molar-refractivity contribution >= 4 is 11.5 Å². The van der Waals surface area contributed by atoms with Crippen molar-refractivity contribution in [3.05, 3.63) is 53.6 Å². The molecule has 0 bridgehead atoms. The summed E-state index contributed by atoms with van der Waals surface area (Å²) in [4.78, 5) is 9.00. The maximum Gasteiger partial charge on any atom is 0.300 e. The SMILES string of the molecule is CC(=O)O.Cc1ccc(C2=CC=CCC2)cc1. The molecule has 17 heavy (non-hydrogen) atoms. The van der Waals surface area contributed by atoms with Gasteiger partial charge in [0.15, 0.2) is 0 Å². The second kappa shape index (κ2) is 6.69. The van der Waals surface area contributed by atoms with Crippen LogP contribution in [0.25, 0.3) is 5.57 Å². The molecular weight excluding hydrogens is 212 g/mol. The monoisotopic (exact) mass is 230 g/mol. The summed E-state index contributed by atoms with van der Waals surface area (Å²) in [6.45, 7) is 3.21. The van der Waals surface area contributed by atoms with Crippen LogP contribution in [0.15, 0.2) is 42.5 Å². The van der Waals surface area contributed by atoms with E-state index in [4.69, 9.17) is 9.90 Å². The van der Waals surface area contributed by atoms with Crippen molar-refractivity contribution in [1.29, 1.82) is 0 Å². The number of hydrogen-bond donors (Lipinski definition) is 1. The Labute approximate surface area is 102 Å². The molecule has 1 aliphatic rings. The summed E-state index contributed by atoms with van der Waals surface area (Å²) in [5.41, 5.74) is 4.16. The third-order valence-corrected chi connectivity index (χ3v) is 2.44. The average Bonchev–Trinajstić information content (AvgIpc) is 2.30. The number of benzene rings is 1. The molecule has 0 fully saturated rings. The van der Waals surface area contributed by atoms with Gasteiger partial charge in [0, 0.05) is 6.92 Å². The van der Waals surface area contributed by atoms with E-state index in [-0.39, 0.29) is 0 Å². The Morgan fingerprint density at radius 3 is 2.29 bits per heavy atom. The first-order valence-electron chi connectivity index (χ1n) is 5.72. The number of hydrogen-bond acceptors (Lipinski definition) is 1. The van der Waals surface area contributed by atoms with Crippen molar-refractivity contribution in [2.75, 3.05) is 0 Å². The number of aliphatic carboxylic acids is 1. The summed E-state index contributed by atoms with van der Waals surface area (Å²) >= 11 is 0. The van der Waals surface area contributed by atoms with Gasteiger partial charge in [-0.15, -0.1) is 0 Å². The summed E-state index contributed by atoms with van der Waals surface area (Å²) in [5.74, 6) is -0.833. The number of carboxylic acid groups (broad SMARTS) is 1. The van der Waals surface area contributed by atoms with Crippen LogP contribution in [0.5, 0.6) is 0 Å². The molecule has 2 nitrogen and oxygen atoms in total. The molecule has 0 heterocycles. The topological polar surface area (TPSA) is 37.3 Å². The van der Waals surface area contributed by atoms with Gasteiger partial charge in [0.05, 0.1) is 0 Å². The summed E-state index contributed by atoms with van der Waals surface area (Å²) in [6.07, 6.45) is 8.95. The van der Waals surface area contributed by atoms with E-state index in [0.29, 0.717) is 0 Å². The van der Waals surface area contributed by atoms with E-state index in [0.717, 1.165) is 6.92 Å². The van der Waals surface area contributed by atoms with Crippen molar-refractivity contribution in [3.8, 4) is 0 Å². The third-order valence-electron chi connectivity index (χ3n) is 2.44. The summed E-state index contributed by atoms with van der Waals surface area (Å²) < 4.78 is 0. The van der Waals surface area contributed by atoms with E-state index < -0.39 is 5.97 Å². The van der Waals surface area contributed by atoms with Gasteiger partial charge in [-0.2, -0.15) is 0 Å². The molecule has 0 radical (unpaired) electrons. The normalized spacial score (nSPS) is 13.4. The van der Waals surface area contributed by atoms with E-state index in [9.17, 15) is 0 Å². The van der Waals surface area contributed by atoms with Crippen molar-refractivity contribution in [3.63, 3.8) is 0 Å². The van der Waals surface area contributed by atoms with Crippen molar-refractivity contribution < 1.29 is 9.90 Å². The lowest BCUT2D eigenvalue weighted by Crippen LogP contribution is -1.87. The quantitative estimate of drug-likeness (QED) is 0.796. The fraction of sp³-hybridized carbons (Fsp3) is 0.267. The molecule has 0 aromatic heterocycles. The molecule has 0 unspecified atom stereocenters. The highest BCUT2D eigenvalue weighted by Crippen LogP contribution is 2.23. The van der Waals surface area contributed by atoms with E-state index in [1.54, 1.807) is 0 Å². The predicted octanol–water partition coefficient (Wildman–Crippen LogP) is 3.82. The Hall–Kier alpha value is -1.83. The Bertz CT molecular complexity index is 421. The van der Waals surface area contributed by atoms with Gasteiger partial charge >= 0.3 is 0 Å². The zero-order valence-electron chi connectivity index (χ0n) is 10.3. The van der Waals surface area contributed by atoms with Crippen molar-refractivity contribution in [2.24, 2.45) is 0 Å². The van der Waals surface area contributed by atoms with Crippen LogP contribution < -0.4 is 0 Å². The molecule has 0 atom stereocenters. The van der Waals surface area contributed by atoms with Crippen LogP contribution in [-0.4, -0.2) is 11.1 Å². The van der Waals surface area contributed by atoms with Crippen LogP contribution in [0, 0.1) is 6.92 Å². The maximum atomic E-state index is 9.00. The van der Waals surface area contributed by atoms with Gasteiger partial charge in [0.1, 0.15) is 0 Å². The molecule has 2 heteroatoms. The molecule has 1 N–H and O–H groups in total. The Morgan fingerprint density at radius 2 is 1.82 bits per heavy atom. The van der Waals surface area contributed by atoms with Crippen LogP contribution in [0.2, 0.25) is 0 Å².